The number of hydrogen-bond donors (Lipinski definition) is 1. The second-order valence-corrected chi connectivity index (χ2v) is 4.14. The first-order valence-corrected chi connectivity index (χ1v) is 6.11. The van der Waals surface area contributed by atoms with E-state index in [1.165, 1.54) is 0 Å². The Bertz CT molecular complexity index is 217. The molecule has 16 heavy (non-hydrogen) atoms. The molecule has 0 aliphatic carbocycles. The van der Waals surface area contributed by atoms with Gasteiger partial charge in [0, 0.05) is 26.4 Å². The molecular weight excluding hydrogens is 204 g/mol. The highest BCUT2D eigenvalue weighted by atomic mass is 16.2. The van der Waals surface area contributed by atoms with Crippen molar-refractivity contribution in [2.45, 2.75) is 52.4 Å². The minimum atomic E-state index is -0.264. The van der Waals surface area contributed by atoms with Gasteiger partial charge in [0.15, 0.2) is 0 Å². The maximum atomic E-state index is 11.3. The molecule has 0 heterocycles. The molecule has 0 saturated carbocycles. The highest BCUT2D eigenvalue weighted by molar-refractivity contribution is 5.74. The van der Waals surface area contributed by atoms with Gasteiger partial charge in [-0.15, -0.1) is 0 Å². The van der Waals surface area contributed by atoms with Gasteiger partial charge in [-0.3, -0.25) is 9.59 Å². The molecule has 0 atom stereocenters. The monoisotopic (exact) mass is 228 g/mol. The first-order valence-electron chi connectivity index (χ1n) is 6.11. The summed E-state index contributed by atoms with van der Waals surface area (Å²) in [5.74, 6) is -0.143. The third-order valence-electron chi connectivity index (χ3n) is 2.58. The molecule has 0 spiro atoms. The van der Waals surface area contributed by atoms with Crippen LogP contribution in [0.5, 0.6) is 0 Å². The Morgan fingerprint density at radius 3 is 2.06 bits per heavy atom. The summed E-state index contributed by atoms with van der Waals surface area (Å²) < 4.78 is 0. The number of carbonyl (C=O) groups excluding carboxylic acids is 2. The lowest BCUT2D eigenvalue weighted by Gasteiger charge is -2.20. The standard InChI is InChI=1S/C12H24N2O2/c1-3-4-6-9-14(11(2)15)10-7-5-8-12(13)16/h3-10H2,1-2H3,(H2,13,16). The molecule has 94 valence electrons. The number of primary amides is 1. The molecule has 0 bridgehead atoms. The zero-order chi connectivity index (χ0) is 12.4. The summed E-state index contributed by atoms with van der Waals surface area (Å²) >= 11 is 0. The van der Waals surface area contributed by atoms with E-state index in [0.717, 1.165) is 45.2 Å². The molecule has 0 fully saturated rings. The molecule has 0 rings (SSSR count). The zero-order valence-corrected chi connectivity index (χ0v) is 10.5. The van der Waals surface area contributed by atoms with Crippen LogP contribution in [-0.2, 0) is 9.59 Å². The van der Waals surface area contributed by atoms with Gasteiger partial charge in [-0.25, -0.2) is 0 Å². The first-order chi connectivity index (χ1) is 7.57. The summed E-state index contributed by atoms with van der Waals surface area (Å²) in [6, 6.07) is 0. The van der Waals surface area contributed by atoms with E-state index in [9.17, 15) is 9.59 Å². The SMILES string of the molecule is CCCCCN(CCCCC(N)=O)C(C)=O. The molecule has 0 aliphatic rings. The molecular formula is C12H24N2O2. The van der Waals surface area contributed by atoms with Crippen molar-refractivity contribution in [1.82, 2.24) is 4.90 Å². The average Bonchev–Trinajstić information content (AvgIpc) is 2.21. The molecule has 4 heteroatoms. The smallest absolute Gasteiger partial charge is 0.219 e. The first kappa shape index (κ1) is 14.9. The van der Waals surface area contributed by atoms with Crippen LogP contribution in [0.1, 0.15) is 52.4 Å². The fourth-order valence-corrected chi connectivity index (χ4v) is 1.58. The van der Waals surface area contributed by atoms with E-state index in [-0.39, 0.29) is 11.8 Å². The lowest BCUT2D eigenvalue weighted by Crippen LogP contribution is -2.30. The highest BCUT2D eigenvalue weighted by Crippen LogP contribution is 2.03. The van der Waals surface area contributed by atoms with Crippen LogP contribution in [0.4, 0.5) is 0 Å². The molecule has 0 unspecified atom stereocenters. The summed E-state index contributed by atoms with van der Waals surface area (Å²) in [6.45, 7) is 5.32. The Kier molecular flexibility index (Phi) is 8.58. The van der Waals surface area contributed by atoms with Crippen molar-refractivity contribution in [3.63, 3.8) is 0 Å². The summed E-state index contributed by atoms with van der Waals surface area (Å²) in [5.41, 5.74) is 5.05. The molecule has 2 amide bonds. The number of carbonyl (C=O) groups is 2. The second kappa shape index (κ2) is 9.19. The Morgan fingerprint density at radius 2 is 1.62 bits per heavy atom. The Balaban J connectivity index is 3.68. The van der Waals surface area contributed by atoms with E-state index in [1.807, 2.05) is 4.90 Å². The van der Waals surface area contributed by atoms with Crippen LogP contribution < -0.4 is 5.73 Å². The maximum absolute atomic E-state index is 11.3. The van der Waals surface area contributed by atoms with Gasteiger partial charge < -0.3 is 10.6 Å². The molecule has 0 aliphatic heterocycles. The third kappa shape index (κ3) is 8.26. The number of hydrogen-bond acceptors (Lipinski definition) is 2. The zero-order valence-electron chi connectivity index (χ0n) is 10.5. The minimum absolute atomic E-state index is 0.121. The van der Waals surface area contributed by atoms with Crippen LogP contribution in [0, 0.1) is 0 Å². The van der Waals surface area contributed by atoms with Crippen molar-refractivity contribution in [2.24, 2.45) is 5.73 Å². The van der Waals surface area contributed by atoms with E-state index >= 15 is 0 Å². The summed E-state index contributed by atoms with van der Waals surface area (Å²) in [6.07, 6.45) is 5.42. The molecule has 2 N–H and O–H groups in total. The van der Waals surface area contributed by atoms with Crippen molar-refractivity contribution in [1.29, 1.82) is 0 Å². The number of nitrogens with zero attached hydrogens (tertiary/aromatic N) is 1. The predicted molar refractivity (Wildman–Crippen MR) is 64.8 cm³/mol. The van der Waals surface area contributed by atoms with Crippen molar-refractivity contribution >= 4 is 11.8 Å². The molecule has 0 aromatic rings. The molecule has 0 aromatic carbocycles. The number of unbranched alkanes of at least 4 members (excludes halogenated alkanes) is 3. The molecule has 0 radical (unpaired) electrons. The van der Waals surface area contributed by atoms with Gasteiger partial charge in [0.25, 0.3) is 0 Å². The number of nitrogens with two attached hydrogens (primary N) is 1. The minimum Gasteiger partial charge on any atom is -0.370 e. The maximum Gasteiger partial charge on any atom is 0.219 e. The lowest BCUT2D eigenvalue weighted by molar-refractivity contribution is -0.129. The summed E-state index contributed by atoms with van der Waals surface area (Å²) in [5, 5.41) is 0. The average molecular weight is 228 g/mol. The largest absolute Gasteiger partial charge is 0.370 e. The van der Waals surface area contributed by atoms with Crippen molar-refractivity contribution in [3.8, 4) is 0 Å². The molecule has 0 aromatic heterocycles. The predicted octanol–water partition coefficient (Wildman–Crippen LogP) is 1.68. The van der Waals surface area contributed by atoms with Crippen molar-refractivity contribution in [3.05, 3.63) is 0 Å². The van der Waals surface area contributed by atoms with Crippen molar-refractivity contribution in [2.75, 3.05) is 13.1 Å². The van der Waals surface area contributed by atoms with Gasteiger partial charge in [-0.1, -0.05) is 19.8 Å². The van der Waals surface area contributed by atoms with Gasteiger partial charge in [0.05, 0.1) is 0 Å². The van der Waals surface area contributed by atoms with Crippen LogP contribution >= 0.6 is 0 Å². The van der Waals surface area contributed by atoms with Gasteiger partial charge in [0.1, 0.15) is 0 Å². The van der Waals surface area contributed by atoms with Gasteiger partial charge in [-0.05, 0) is 19.3 Å². The van der Waals surface area contributed by atoms with Gasteiger partial charge in [0.2, 0.25) is 11.8 Å². The molecule has 4 nitrogen and oxygen atoms in total. The topological polar surface area (TPSA) is 63.4 Å². The van der Waals surface area contributed by atoms with Gasteiger partial charge >= 0.3 is 0 Å². The van der Waals surface area contributed by atoms with Crippen LogP contribution in [-0.4, -0.2) is 29.8 Å². The second-order valence-electron chi connectivity index (χ2n) is 4.14. The van der Waals surface area contributed by atoms with Crippen LogP contribution in [0.2, 0.25) is 0 Å². The highest BCUT2D eigenvalue weighted by Gasteiger charge is 2.07. The fourth-order valence-electron chi connectivity index (χ4n) is 1.58. The Labute approximate surface area is 98.2 Å². The van der Waals surface area contributed by atoms with E-state index in [0.29, 0.717) is 6.42 Å². The van der Waals surface area contributed by atoms with E-state index in [1.54, 1.807) is 6.92 Å². The summed E-state index contributed by atoms with van der Waals surface area (Å²) in [4.78, 5) is 23.7. The van der Waals surface area contributed by atoms with E-state index < -0.39 is 0 Å². The van der Waals surface area contributed by atoms with Crippen LogP contribution in [0.25, 0.3) is 0 Å². The fraction of sp³-hybridized carbons (Fsp3) is 0.833. The number of amides is 2. The Hall–Kier alpha value is -1.06. The van der Waals surface area contributed by atoms with Crippen LogP contribution in [0.15, 0.2) is 0 Å². The normalized spacial score (nSPS) is 10.1. The van der Waals surface area contributed by atoms with Gasteiger partial charge in [-0.2, -0.15) is 0 Å². The lowest BCUT2D eigenvalue weighted by atomic mass is 10.2. The third-order valence-corrected chi connectivity index (χ3v) is 2.58. The molecule has 0 saturated heterocycles. The van der Waals surface area contributed by atoms with E-state index in [2.05, 4.69) is 6.92 Å². The number of rotatable bonds is 9. The summed E-state index contributed by atoms with van der Waals surface area (Å²) in [7, 11) is 0. The Morgan fingerprint density at radius 1 is 1.06 bits per heavy atom. The van der Waals surface area contributed by atoms with E-state index in [4.69, 9.17) is 5.73 Å². The quantitative estimate of drug-likeness (QED) is 0.610. The van der Waals surface area contributed by atoms with Crippen LogP contribution in [0.3, 0.4) is 0 Å². The van der Waals surface area contributed by atoms with Crippen molar-refractivity contribution < 1.29 is 9.59 Å².